The van der Waals surface area contributed by atoms with Gasteiger partial charge in [0.2, 0.25) is 0 Å². The van der Waals surface area contributed by atoms with E-state index in [0.717, 1.165) is 19.3 Å². The van der Waals surface area contributed by atoms with E-state index in [0.29, 0.717) is 12.3 Å². The zero-order valence-electron chi connectivity index (χ0n) is 6.52. The van der Waals surface area contributed by atoms with Gasteiger partial charge >= 0.3 is 0 Å². The number of halogens is 1. The van der Waals surface area contributed by atoms with Crippen molar-refractivity contribution in [2.24, 2.45) is 11.7 Å². The molecule has 0 aliphatic heterocycles. The normalized spacial score (nSPS) is 41.7. The maximum atomic E-state index is 12.9. The molecule has 1 nitrogen and oxygen atoms in total. The lowest BCUT2D eigenvalue weighted by Gasteiger charge is -2.30. The Balaban J connectivity index is 2.42. The summed E-state index contributed by atoms with van der Waals surface area (Å²) >= 11 is 0. The van der Waals surface area contributed by atoms with E-state index in [1.165, 1.54) is 0 Å². The van der Waals surface area contributed by atoms with Crippen molar-refractivity contribution >= 4 is 0 Å². The van der Waals surface area contributed by atoms with Crippen LogP contribution in [-0.2, 0) is 0 Å². The van der Waals surface area contributed by atoms with Crippen molar-refractivity contribution in [3.05, 3.63) is 0 Å². The predicted octanol–water partition coefficient (Wildman–Crippen LogP) is 1.86. The molecule has 1 rings (SSSR count). The first-order valence-corrected chi connectivity index (χ1v) is 4.15. The van der Waals surface area contributed by atoms with Crippen molar-refractivity contribution in [2.75, 3.05) is 0 Å². The predicted molar refractivity (Wildman–Crippen MR) is 40.5 cm³/mol. The van der Waals surface area contributed by atoms with E-state index in [4.69, 9.17) is 5.73 Å². The van der Waals surface area contributed by atoms with Crippen molar-refractivity contribution < 1.29 is 4.39 Å². The molecule has 3 unspecified atom stereocenters. The van der Waals surface area contributed by atoms with Crippen molar-refractivity contribution in [1.29, 1.82) is 0 Å². The maximum absolute atomic E-state index is 12.9. The molecule has 1 aliphatic carbocycles. The first-order chi connectivity index (χ1) is 4.75. The van der Waals surface area contributed by atoms with Gasteiger partial charge < -0.3 is 5.73 Å². The molecule has 0 amide bonds. The second kappa shape index (κ2) is 3.33. The van der Waals surface area contributed by atoms with Gasteiger partial charge in [-0.2, -0.15) is 0 Å². The van der Waals surface area contributed by atoms with Crippen molar-refractivity contribution in [1.82, 2.24) is 0 Å². The molecule has 2 N–H and O–H groups in total. The number of hydrogen-bond acceptors (Lipinski definition) is 1. The lowest BCUT2D eigenvalue weighted by molar-refractivity contribution is 0.160. The monoisotopic (exact) mass is 145 g/mol. The standard InChI is InChI=1S/C8H16FN/c1-2-6-4-3-5-7(9)8(6)10/h6-8H,2-5,10H2,1H3. The average Bonchev–Trinajstić information content (AvgIpc) is 1.95. The van der Waals surface area contributed by atoms with E-state index in [1.807, 2.05) is 0 Å². The molecule has 1 saturated carbocycles. The summed E-state index contributed by atoms with van der Waals surface area (Å²) in [5.74, 6) is 0.434. The van der Waals surface area contributed by atoms with Crippen LogP contribution in [0.4, 0.5) is 4.39 Å². The van der Waals surface area contributed by atoms with Crippen LogP contribution in [0.1, 0.15) is 32.6 Å². The number of nitrogens with two attached hydrogens (primary N) is 1. The Hall–Kier alpha value is -0.110. The molecule has 0 radical (unpaired) electrons. The third-order valence-electron chi connectivity index (χ3n) is 2.54. The molecule has 10 heavy (non-hydrogen) atoms. The minimum Gasteiger partial charge on any atom is -0.325 e. The highest BCUT2D eigenvalue weighted by atomic mass is 19.1. The van der Waals surface area contributed by atoms with Gasteiger partial charge in [-0.05, 0) is 18.8 Å². The summed E-state index contributed by atoms with van der Waals surface area (Å²) in [5, 5.41) is 0. The average molecular weight is 145 g/mol. The quantitative estimate of drug-likeness (QED) is 0.598. The van der Waals surface area contributed by atoms with E-state index >= 15 is 0 Å². The van der Waals surface area contributed by atoms with Gasteiger partial charge in [-0.25, -0.2) is 4.39 Å². The summed E-state index contributed by atoms with van der Waals surface area (Å²) in [4.78, 5) is 0. The minimum absolute atomic E-state index is 0.182. The van der Waals surface area contributed by atoms with Crippen LogP contribution in [0.2, 0.25) is 0 Å². The molecule has 0 aromatic carbocycles. The Morgan fingerprint density at radius 1 is 1.50 bits per heavy atom. The molecule has 60 valence electrons. The van der Waals surface area contributed by atoms with E-state index in [1.54, 1.807) is 0 Å². The Morgan fingerprint density at radius 3 is 2.70 bits per heavy atom. The summed E-state index contributed by atoms with van der Waals surface area (Å²) in [5.41, 5.74) is 5.66. The van der Waals surface area contributed by atoms with Crippen LogP contribution in [-0.4, -0.2) is 12.2 Å². The van der Waals surface area contributed by atoms with Crippen LogP contribution >= 0.6 is 0 Å². The molecular formula is C8H16FN. The fraction of sp³-hybridized carbons (Fsp3) is 1.00. The lowest BCUT2D eigenvalue weighted by Crippen LogP contribution is -2.41. The number of rotatable bonds is 1. The second-order valence-corrected chi connectivity index (χ2v) is 3.19. The highest BCUT2D eigenvalue weighted by Gasteiger charge is 2.28. The zero-order valence-corrected chi connectivity index (χ0v) is 6.52. The van der Waals surface area contributed by atoms with Gasteiger partial charge in [0.1, 0.15) is 6.17 Å². The van der Waals surface area contributed by atoms with E-state index in [9.17, 15) is 4.39 Å². The molecule has 0 aromatic heterocycles. The fourth-order valence-corrected chi connectivity index (χ4v) is 1.73. The minimum atomic E-state index is -0.737. The Kier molecular flexibility index (Phi) is 2.66. The summed E-state index contributed by atoms with van der Waals surface area (Å²) in [7, 11) is 0. The van der Waals surface area contributed by atoms with Gasteiger partial charge in [-0.1, -0.05) is 19.8 Å². The fourth-order valence-electron chi connectivity index (χ4n) is 1.73. The topological polar surface area (TPSA) is 26.0 Å². The zero-order chi connectivity index (χ0) is 7.56. The van der Waals surface area contributed by atoms with Crippen molar-refractivity contribution in [3.63, 3.8) is 0 Å². The van der Waals surface area contributed by atoms with Crippen LogP contribution in [0, 0.1) is 5.92 Å². The first-order valence-electron chi connectivity index (χ1n) is 4.15. The van der Waals surface area contributed by atoms with Crippen molar-refractivity contribution in [2.45, 2.75) is 44.8 Å². The van der Waals surface area contributed by atoms with E-state index in [2.05, 4.69) is 6.92 Å². The van der Waals surface area contributed by atoms with Gasteiger partial charge in [-0.15, -0.1) is 0 Å². The van der Waals surface area contributed by atoms with Gasteiger partial charge in [0, 0.05) is 6.04 Å². The summed E-state index contributed by atoms with van der Waals surface area (Å²) < 4.78 is 12.9. The van der Waals surface area contributed by atoms with E-state index in [-0.39, 0.29) is 6.04 Å². The van der Waals surface area contributed by atoms with Crippen LogP contribution in [0.15, 0.2) is 0 Å². The van der Waals surface area contributed by atoms with Crippen LogP contribution in [0.25, 0.3) is 0 Å². The number of alkyl halides is 1. The molecule has 3 atom stereocenters. The van der Waals surface area contributed by atoms with Crippen LogP contribution in [0.3, 0.4) is 0 Å². The number of hydrogen-bond donors (Lipinski definition) is 1. The van der Waals surface area contributed by atoms with E-state index < -0.39 is 6.17 Å². The molecular weight excluding hydrogens is 129 g/mol. The highest BCUT2D eigenvalue weighted by Crippen LogP contribution is 2.27. The Labute approximate surface area is 61.8 Å². The molecule has 1 fully saturated rings. The highest BCUT2D eigenvalue weighted by molar-refractivity contribution is 4.84. The van der Waals surface area contributed by atoms with Crippen LogP contribution in [0.5, 0.6) is 0 Å². The molecule has 0 heterocycles. The summed E-state index contributed by atoms with van der Waals surface area (Å²) in [6, 6.07) is -0.182. The third-order valence-corrected chi connectivity index (χ3v) is 2.54. The molecule has 2 heteroatoms. The maximum Gasteiger partial charge on any atom is 0.115 e. The van der Waals surface area contributed by atoms with Gasteiger partial charge in [0.05, 0.1) is 0 Å². The summed E-state index contributed by atoms with van der Waals surface area (Å²) in [6.45, 7) is 2.09. The molecule has 0 bridgehead atoms. The largest absolute Gasteiger partial charge is 0.325 e. The Morgan fingerprint density at radius 2 is 2.20 bits per heavy atom. The second-order valence-electron chi connectivity index (χ2n) is 3.19. The smallest absolute Gasteiger partial charge is 0.115 e. The molecule has 0 spiro atoms. The van der Waals surface area contributed by atoms with Gasteiger partial charge in [0.15, 0.2) is 0 Å². The SMILES string of the molecule is CCC1CCCC(F)C1N. The van der Waals surface area contributed by atoms with Gasteiger partial charge in [-0.3, -0.25) is 0 Å². The molecule has 0 saturated heterocycles. The molecule has 1 aliphatic rings. The van der Waals surface area contributed by atoms with Gasteiger partial charge in [0.25, 0.3) is 0 Å². The lowest BCUT2D eigenvalue weighted by atomic mass is 9.82. The van der Waals surface area contributed by atoms with Crippen molar-refractivity contribution in [3.8, 4) is 0 Å². The Bertz CT molecular complexity index is 105. The molecule has 0 aromatic rings. The third kappa shape index (κ3) is 1.48. The van der Waals surface area contributed by atoms with Crippen LogP contribution < -0.4 is 5.73 Å². The summed E-state index contributed by atoms with van der Waals surface area (Å²) in [6.07, 6.45) is 3.11. The first kappa shape index (κ1) is 7.99.